The first-order chi connectivity index (χ1) is 10.1. The number of hydrogen-bond acceptors (Lipinski definition) is 4. The van der Waals surface area contributed by atoms with E-state index in [4.69, 9.17) is 26.8 Å². The predicted octanol–water partition coefficient (Wildman–Crippen LogP) is 2.82. The first-order valence-corrected chi connectivity index (χ1v) is 7.15. The number of nitrogens with zero attached hydrogens (tertiary/aromatic N) is 2. The number of methoxy groups -OCH3 is 2. The number of aromatic nitrogens is 2. The van der Waals surface area contributed by atoms with Gasteiger partial charge in [0.05, 0.1) is 19.2 Å². The summed E-state index contributed by atoms with van der Waals surface area (Å²) in [5, 5.41) is 0.487. The van der Waals surface area contributed by atoms with E-state index in [2.05, 4.69) is 16.5 Å². The Kier molecular flexibility index (Phi) is 5.09. The lowest BCUT2D eigenvalue weighted by Crippen LogP contribution is -2.16. The van der Waals surface area contributed by atoms with Gasteiger partial charge in [-0.2, -0.15) is 0 Å². The molecule has 0 bridgehead atoms. The van der Waals surface area contributed by atoms with Gasteiger partial charge in [-0.1, -0.05) is 11.6 Å². The molecule has 21 heavy (non-hydrogen) atoms. The Morgan fingerprint density at radius 2 is 2.10 bits per heavy atom. The standard InChI is InChI=1S/C15H20ClN3O2/c1-4-19-6-5-18-14(19)9-12(17)10-7-11(16)15(21-3)13(8-10)20-2/h5-8,12H,4,9,17H2,1-3H3. The second-order valence-corrected chi connectivity index (χ2v) is 5.09. The molecular weight excluding hydrogens is 290 g/mol. The average Bonchev–Trinajstić information content (AvgIpc) is 2.93. The third-order valence-electron chi connectivity index (χ3n) is 3.43. The van der Waals surface area contributed by atoms with Crippen LogP contribution in [-0.2, 0) is 13.0 Å². The minimum Gasteiger partial charge on any atom is -0.493 e. The van der Waals surface area contributed by atoms with E-state index in [0.29, 0.717) is 22.9 Å². The number of aryl methyl sites for hydroxylation is 1. The van der Waals surface area contributed by atoms with Crippen LogP contribution in [0.3, 0.4) is 0 Å². The number of imidazole rings is 1. The molecule has 2 N–H and O–H groups in total. The van der Waals surface area contributed by atoms with Crippen LogP contribution < -0.4 is 15.2 Å². The highest BCUT2D eigenvalue weighted by Gasteiger charge is 2.16. The minimum absolute atomic E-state index is 0.213. The monoisotopic (exact) mass is 309 g/mol. The fraction of sp³-hybridized carbons (Fsp3) is 0.400. The molecule has 0 aliphatic heterocycles. The maximum Gasteiger partial charge on any atom is 0.179 e. The molecule has 0 aliphatic rings. The Labute approximate surface area is 129 Å². The maximum atomic E-state index is 6.29. The van der Waals surface area contributed by atoms with Crippen molar-refractivity contribution in [3.63, 3.8) is 0 Å². The van der Waals surface area contributed by atoms with E-state index in [1.165, 1.54) is 0 Å². The summed E-state index contributed by atoms with van der Waals surface area (Å²) >= 11 is 6.22. The molecule has 1 unspecified atom stereocenters. The highest BCUT2D eigenvalue weighted by atomic mass is 35.5. The van der Waals surface area contributed by atoms with Crippen LogP contribution in [-0.4, -0.2) is 23.8 Å². The van der Waals surface area contributed by atoms with E-state index in [1.54, 1.807) is 20.4 Å². The van der Waals surface area contributed by atoms with Crippen molar-refractivity contribution >= 4 is 11.6 Å². The topological polar surface area (TPSA) is 62.3 Å². The number of hydrogen-bond donors (Lipinski definition) is 1. The third kappa shape index (κ3) is 3.31. The van der Waals surface area contributed by atoms with Crippen LogP contribution in [0.5, 0.6) is 11.5 Å². The summed E-state index contributed by atoms with van der Waals surface area (Å²) in [5.41, 5.74) is 7.18. The van der Waals surface area contributed by atoms with E-state index in [1.807, 2.05) is 18.3 Å². The molecule has 0 radical (unpaired) electrons. The smallest absolute Gasteiger partial charge is 0.179 e. The van der Waals surface area contributed by atoms with E-state index in [-0.39, 0.29) is 6.04 Å². The van der Waals surface area contributed by atoms with Gasteiger partial charge in [0, 0.05) is 31.4 Å². The Morgan fingerprint density at radius 1 is 1.33 bits per heavy atom. The van der Waals surface area contributed by atoms with Crippen molar-refractivity contribution in [2.75, 3.05) is 14.2 Å². The molecule has 0 fully saturated rings. The van der Waals surface area contributed by atoms with E-state index in [9.17, 15) is 0 Å². The van der Waals surface area contributed by atoms with Crippen molar-refractivity contribution in [3.05, 3.63) is 40.9 Å². The Morgan fingerprint density at radius 3 is 2.71 bits per heavy atom. The fourth-order valence-electron chi connectivity index (χ4n) is 2.28. The Hall–Kier alpha value is -1.72. The second-order valence-electron chi connectivity index (χ2n) is 4.68. The van der Waals surface area contributed by atoms with Crippen LogP contribution in [0.25, 0.3) is 0 Å². The summed E-state index contributed by atoms with van der Waals surface area (Å²) in [6.45, 7) is 2.94. The molecule has 0 aliphatic carbocycles. The Balaban J connectivity index is 2.27. The number of benzene rings is 1. The van der Waals surface area contributed by atoms with E-state index >= 15 is 0 Å². The van der Waals surface area contributed by atoms with Gasteiger partial charge in [-0.3, -0.25) is 0 Å². The molecule has 5 nitrogen and oxygen atoms in total. The number of nitrogens with two attached hydrogens (primary N) is 1. The first kappa shape index (κ1) is 15.7. The van der Waals surface area contributed by atoms with E-state index in [0.717, 1.165) is 17.9 Å². The average molecular weight is 310 g/mol. The summed E-state index contributed by atoms with van der Waals surface area (Å²) in [6.07, 6.45) is 4.36. The molecular formula is C15H20ClN3O2. The van der Waals surface area contributed by atoms with Gasteiger partial charge in [-0.15, -0.1) is 0 Å². The van der Waals surface area contributed by atoms with Crippen LogP contribution in [0.4, 0.5) is 0 Å². The molecule has 2 aromatic rings. The number of ether oxygens (including phenoxy) is 2. The lowest BCUT2D eigenvalue weighted by molar-refractivity contribution is 0.354. The van der Waals surface area contributed by atoms with Gasteiger partial charge in [-0.25, -0.2) is 4.98 Å². The van der Waals surface area contributed by atoms with Gasteiger partial charge in [0.2, 0.25) is 0 Å². The first-order valence-electron chi connectivity index (χ1n) is 6.77. The van der Waals surface area contributed by atoms with Gasteiger partial charge >= 0.3 is 0 Å². The van der Waals surface area contributed by atoms with Crippen molar-refractivity contribution < 1.29 is 9.47 Å². The highest BCUT2D eigenvalue weighted by molar-refractivity contribution is 6.32. The molecule has 2 rings (SSSR count). The van der Waals surface area contributed by atoms with Crippen LogP contribution in [0.1, 0.15) is 24.4 Å². The molecule has 0 saturated carbocycles. The quantitative estimate of drug-likeness (QED) is 0.891. The van der Waals surface area contributed by atoms with Gasteiger partial charge in [0.15, 0.2) is 11.5 Å². The lowest BCUT2D eigenvalue weighted by atomic mass is 10.0. The molecule has 6 heteroatoms. The van der Waals surface area contributed by atoms with Crippen molar-refractivity contribution in [2.45, 2.75) is 25.9 Å². The fourth-order valence-corrected chi connectivity index (χ4v) is 2.58. The van der Waals surface area contributed by atoms with Gasteiger partial charge in [-0.05, 0) is 24.6 Å². The zero-order chi connectivity index (χ0) is 15.4. The van der Waals surface area contributed by atoms with Crippen LogP contribution >= 0.6 is 11.6 Å². The SMILES string of the molecule is CCn1ccnc1CC(N)c1cc(Cl)c(OC)c(OC)c1. The van der Waals surface area contributed by atoms with Crippen molar-refractivity contribution in [1.29, 1.82) is 0 Å². The Bertz CT molecular complexity index is 613. The molecule has 1 heterocycles. The van der Waals surface area contributed by atoms with Crippen LogP contribution in [0.15, 0.2) is 24.5 Å². The summed E-state index contributed by atoms with van der Waals surface area (Å²) in [6, 6.07) is 3.46. The number of rotatable bonds is 6. The van der Waals surface area contributed by atoms with Crippen LogP contribution in [0, 0.1) is 0 Å². The summed E-state index contributed by atoms with van der Waals surface area (Å²) < 4.78 is 12.6. The molecule has 1 atom stereocenters. The van der Waals surface area contributed by atoms with Crippen LogP contribution in [0.2, 0.25) is 5.02 Å². The molecule has 0 amide bonds. The molecule has 0 spiro atoms. The van der Waals surface area contributed by atoms with Crippen molar-refractivity contribution in [2.24, 2.45) is 5.73 Å². The summed E-state index contributed by atoms with van der Waals surface area (Å²) in [5.74, 6) is 2.05. The van der Waals surface area contributed by atoms with Gasteiger partial charge in [0.25, 0.3) is 0 Å². The number of halogens is 1. The zero-order valence-corrected chi connectivity index (χ0v) is 13.2. The maximum absolute atomic E-state index is 6.29. The minimum atomic E-state index is -0.213. The normalized spacial score (nSPS) is 12.2. The van der Waals surface area contributed by atoms with Crippen molar-refractivity contribution in [3.8, 4) is 11.5 Å². The molecule has 1 aromatic heterocycles. The molecule has 114 valence electrons. The van der Waals surface area contributed by atoms with Crippen molar-refractivity contribution in [1.82, 2.24) is 9.55 Å². The third-order valence-corrected chi connectivity index (χ3v) is 3.71. The summed E-state index contributed by atoms with van der Waals surface area (Å²) in [7, 11) is 3.13. The zero-order valence-electron chi connectivity index (χ0n) is 12.5. The largest absolute Gasteiger partial charge is 0.493 e. The van der Waals surface area contributed by atoms with E-state index < -0.39 is 0 Å². The van der Waals surface area contributed by atoms with Gasteiger partial charge < -0.3 is 19.8 Å². The second kappa shape index (κ2) is 6.83. The highest BCUT2D eigenvalue weighted by Crippen LogP contribution is 2.37. The predicted molar refractivity (Wildman–Crippen MR) is 83.1 cm³/mol. The summed E-state index contributed by atoms with van der Waals surface area (Å²) in [4.78, 5) is 4.35. The molecule has 0 saturated heterocycles. The molecule has 1 aromatic carbocycles. The van der Waals surface area contributed by atoms with Gasteiger partial charge in [0.1, 0.15) is 5.82 Å². The lowest BCUT2D eigenvalue weighted by Gasteiger charge is -2.16.